The van der Waals surface area contributed by atoms with Crippen LogP contribution in [0.3, 0.4) is 0 Å². The number of piperidine rings is 1. The number of carbonyl (C=O) groups excluding carboxylic acids is 1. The zero-order valence-electron chi connectivity index (χ0n) is 18.1. The van der Waals surface area contributed by atoms with E-state index >= 15 is 0 Å². The van der Waals surface area contributed by atoms with E-state index in [1.54, 1.807) is 12.3 Å². The Bertz CT molecular complexity index is 1190. The average molecular weight is 417 g/mol. The molecular weight excluding hydrogens is 388 g/mol. The number of likely N-dealkylation sites (tertiary alicyclic amines) is 1. The molecule has 1 fully saturated rings. The largest absolute Gasteiger partial charge is 0.336 e. The first-order chi connectivity index (χ1) is 15.0. The molecule has 4 heterocycles. The normalized spacial score (nSPS) is 22.5. The number of hydrogen-bond acceptors (Lipinski definition) is 4. The Hall–Kier alpha value is -3.02. The van der Waals surface area contributed by atoms with E-state index in [9.17, 15) is 9.59 Å². The summed E-state index contributed by atoms with van der Waals surface area (Å²) in [6.07, 6.45) is 4.64. The minimum absolute atomic E-state index is 0.0673. The van der Waals surface area contributed by atoms with E-state index in [-0.39, 0.29) is 29.3 Å². The molecule has 3 atom stereocenters. The van der Waals surface area contributed by atoms with Crippen LogP contribution < -0.4 is 5.56 Å². The van der Waals surface area contributed by atoms with Gasteiger partial charge in [0.2, 0.25) is 0 Å². The molecule has 2 bridgehead atoms. The summed E-state index contributed by atoms with van der Waals surface area (Å²) in [5, 5.41) is 0. The molecular formula is C25H28N4O2. The molecule has 1 aromatic carbocycles. The predicted octanol–water partition coefficient (Wildman–Crippen LogP) is 4.03. The van der Waals surface area contributed by atoms with Gasteiger partial charge >= 0.3 is 0 Å². The van der Waals surface area contributed by atoms with E-state index < -0.39 is 0 Å². The van der Waals surface area contributed by atoms with Crippen molar-refractivity contribution in [2.75, 3.05) is 13.1 Å². The minimum Gasteiger partial charge on any atom is -0.336 e. The Kier molecular flexibility index (Phi) is 5.08. The summed E-state index contributed by atoms with van der Waals surface area (Å²) in [6.45, 7) is 5.71. The molecule has 1 saturated heterocycles. The highest BCUT2D eigenvalue weighted by molar-refractivity contribution is 5.94. The van der Waals surface area contributed by atoms with Crippen molar-refractivity contribution in [3.8, 4) is 0 Å². The van der Waals surface area contributed by atoms with Crippen LogP contribution in [0.25, 0.3) is 11.0 Å². The third-order valence-electron chi connectivity index (χ3n) is 6.79. The van der Waals surface area contributed by atoms with Gasteiger partial charge < -0.3 is 9.47 Å². The molecule has 6 nitrogen and oxygen atoms in total. The SMILES string of the molecule is CC(C)CC[C@H]1[C@H]2C[C@H](CN(C(=O)c3cnc4ccccc4n3)C2)c2cccc(=O)n21. The van der Waals surface area contributed by atoms with Crippen LogP contribution in [0.1, 0.15) is 61.3 Å². The van der Waals surface area contributed by atoms with E-state index in [1.807, 2.05) is 39.8 Å². The van der Waals surface area contributed by atoms with E-state index in [1.165, 1.54) is 0 Å². The maximum Gasteiger partial charge on any atom is 0.274 e. The lowest BCUT2D eigenvalue weighted by atomic mass is 9.76. The Morgan fingerprint density at radius 3 is 2.71 bits per heavy atom. The van der Waals surface area contributed by atoms with Crippen LogP contribution >= 0.6 is 0 Å². The van der Waals surface area contributed by atoms with Gasteiger partial charge in [0.25, 0.3) is 11.5 Å². The fourth-order valence-electron chi connectivity index (χ4n) is 5.30. The number of para-hydroxylation sites is 2. The first-order valence-electron chi connectivity index (χ1n) is 11.2. The first-order valence-corrected chi connectivity index (χ1v) is 11.2. The van der Waals surface area contributed by atoms with Gasteiger partial charge in [0.1, 0.15) is 5.69 Å². The fourth-order valence-corrected chi connectivity index (χ4v) is 5.30. The van der Waals surface area contributed by atoms with Gasteiger partial charge in [-0.2, -0.15) is 0 Å². The fraction of sp³-hybridized carbons (Fsp3) is 0.440. The lowest BCUT2D eigenvalue weighted by molar-refractivity contribution is 0.0508. The predicted molar refractivity (Wildman–Crippen MR) is 120 cm³/mol. The van der Waals surface area contributed by atoms with Crippen molar-refractivity contribution in [1.29, 1.82) is 0 Å². The lowest BCUT2D eigenvalue weighted by Gasteiger charge is -2.47. The monoisotopic (exact) mass is 416 g/mol. The third kappa shape index (κ3) is 3.64. The van der Waals surface area contributed by atoms with Gasteiger partial charge in [-0.25, -0.2) is 4.98 Å². The van der Waals surface area contributed by atoms with Crippen molar-refractivity contribution >= 4 is 16.9 Å². The summed E-state index contributed by atoms with van der Waals surface area (Å²) in [7, 11) is 0. The smallest absolute Gasteiger partial charge is 0.274 e. The van der Waals surface area contributed by atoms with Gasteiger partial charge in [-0.05, 0) is 49.3 Å². The number of pyridine rings is 1. The number of nitrogens with zero attached hydrogens (tertiary/aromatic N) is 4. The van der Waals surface area contributed by atoms with E-state index in [0.29, 0.717) is 24.7 Å². The van der Waals surface area contributed by atoms with Gasteiger partial charge in [-0.15, -0.1) is 0 Å². The topological polar surface area (TPSA) is 68.1 Å². The lowest BCUT2D eigenvalue weighted by Crippen LogP contribution is -2.51. The van der Waals surface area contributed by atoms with Crippen LogP contribution in [0.15, 0.2) is 53.5 Å². The van der Waals surface area contributed by atoms with Crippen LogP contribution in [0, 0.1) is 11.8 Å². The van der Waals surface area contributed by atoms with E-state index in [0.717, 1.165) is 36.0 Å². The zero-order valence-corrected chi connectivity index (χ0v) is 18.1. The summed E-state index contributed by atoms with van der Waals surface area (Å²) < 4.78 is 2.03. The van der Waals surface area contributed by atoms with Crippen LogP contribution in [-0.4, -0.2) is 38.4 Å². The first kappa shape index (κ1) is 19.9. The quantitative estimate of drug-likeness (QED) is 0.644. The van der Waals surface area contributed by atoms with Crippen molar-refractivity contribution in [3.63, 3.8) is 0 Å². The van der Waals surface area contributed by atoms with Crippen LogP contribution in [0.2, 0.25) is 0 Å². The van der Waals surface area contributed by atoms with Crippen molar-refractivity contribution in [2.45, 2.75) is 45.1 Å². The van der Waals surface area contributed by atoms with Crippen molar-refractivity contribution in [3.05, 3.63) is 70.4 Å². The van der Waals surface area contributed by atoms with Crippen molar-refractivity contribution in [2.24, 2.45) is 11.8 Å². The maximum absolute atomic E-state index is 13.4. The summed E-state index contributed by atoms with van der Waals surface area (Å²) in [5.74, 6) is 0.972. The molecule has 2 aliphatic heterocycles. The molecule has 2 aromatic heterocycles. The van der Waals surface area contributed by atoms with E-state index in [4.69, 9.17) is 0 Å². The Balaban J connectivity index is 1.47. The molecule has 2 aliphatic rings. The van der Waals surface area contributed by atoms with Crippen molar-refractivity contribution < 1.29 is 4.79 Å². The second kappa shape index (κ2) is 7.91. The summed E-state index contributed by atoms with van der Waals surface area (Å²) in [5.41, 5.74) is 3.07. The molecule has 0 spiro atoms. The molecule has 6 heteroatoms. The third-order valence-corrected chi connectivity index (χ3v) is 6.79. The molecule has 0 radical (unpaired) electrons. The molecule has 5 rings (SSSR count). The molecule has 0 saturated carbocycles. The number of carbonyl (C=O) groups is 1. The molecule has 0 N–H and O–H groups in total. The highest BCUT2D eigenvalue weighted by Gasteiger charge is 2.41. The standard InChI is InChI=1S/C25H28N4O2/c1-16(2)10-11-23-18-12-17(22-8-5-9-24(30)29(22)23)14-28(15-18)25(31)21-13-26-19-6-3-4-7-20(19)27-21/h3-9,13,16-18,23H,10-12,14-15H2,1-2H3/t17-,18+,23+/m1/s1. The van der Waals surface area contributed by atoms with E-state index in [2.05, 4.69) is 29.9 Å². The van der Waals surface area contributed by atoms with Crippen LogP contribution in [0.4, 0.5) is 0 Å². The van der Waals surface area contributed by atoms with Gasteiger partial charge in [-0.1, -0.05) is 32.0 Å². The Labute approximate surface area is 181 Å². The molecule has 0 aliphatic carbocycles. The van der Waals surface area contributed by atoms with Gasteiger partial charge in [0.05, 0.1) is 17.2 Å². The average Bonchev–Trinajstić information content (AvgIpc) is 2.78. The molecule has 1 amide bonds. The number of benzene rings is 1. The highest BCUT2D eigenvalue weighted by Crippen LogP contribution is 2.43. The minimum atomic E-state index is -0.0673. The van der Waals surface area contributed by atoms with Crippen LogP contribution in [-0.2, 0) is 0 Å². The van der Waals surface area contributed by atoms with Gasteiger partial charge in [0.15, 0.2) is 0 Å². The number of amides is 1. The Morgan fingerprint density at radius 1 is 1.10 bits per heavy atom. The molecule has 3 aromatic rings. The number of hydrogen-bond donors (Lipinski definition) is 0. The number of aromatic nitrogens is 3. The van der Waals surface area contributed by atoms with Crippen LogP contribution in [0.5, 0.6) is 0 Å². The molecule has 31 heavy (non-hydrogen) atoms. The van der Waals surface area contributed by atoms with Gasteiger partial charge in [0, 0.05) is 36.8 Å². The molecule has 160 valence electrons. The highest BCUT2D eigenvalue weighted by atomic mass is 16.2. The summed E-state index contributed by atoms with van der Waals surface area (Å²) in [6, 6.07) is 13.3. The maximum atomic E-state index is 13.4. The van der Waals surface area contributed by atoms with Gasteiger partial charge in [-0.3, -0.25) is 14.6 Å². The number of rotatable bonds is 4. The second-order valence-corrected chi connectivity index (χ2v) is 9.34. The van der Waals surface area contributed by atoms with Crippen molar-refractivity contribution in [1.82, 2.24) is 19.4 Å². The Morgan fingerprint density at radius 2 is 1.90 bits per heavy atom. The zero-order chi connectivity index (χ0) is 21.5. The molecule has 0 unspecified atom stereocenters. The summed E-state index contributed by atoms with van der Waals surface area (Å²) in [4.78, 5) is 37.1. The number of fused-ring (bicyclic) bond motifs is 5. The second-order valence-electron chi connectivity index (χ2n) is 9.34. The summed E-state index contributed by atoms with van der Waals surface area (Å²) >= 11 is 0.